The van der Waals surface area contributed by atoms with Crippen LogP contribution in [0.25, 0.3) is 0 Å². The topological polar surface area (TPSA) is 29.1 Å². The van der Waals surface area contributed by atoms with Gasteiger partial charge in [-0.05, 0) is 6.42 Å². The van der Waals surface area contributed by atoms with Crippen LogP contribution in [0, 0.1) is 0 Å². The molecule has 1 amide bonds. The molecule has 0 rings (SSSR count). The van der Waals surface area contributed by atoms with E-state index in [1.54, 1.807) is 6.92 Å². The highest BCUT2D eigenvalue weighted by Gasteiger charge is 2.03. The smallest absolute Gasteiger partial charge is 0.216 e. The molecule has 0 fully saturated rings. The Morgan fingerprint density at radius 1 is 1.38 bits per heavy atom. The van der Waals surface area contributed by atoms with E-state index in [0.29, 0.717) is 3.92 Å². The molecule has 0 aliphatic rings. The monoisotopic (exact) mass is 297 g/mol. The van der Waals surface area contributed by atoms with Gasteiger partial charge in [0.2, 0.25) is 5.91 Å². The largest absolute Gasteiger partial charge is 0.355 e. The van der Waals surface area contributed by atoms with Crippen LogP contribution in [0.4, 0.5) is 0 Å². The van der Waals surface area contributed by atoms with Crippen LogP contribution in [0.15, 0.2) is 0 Å². The molecule has 1 unspecified atom stereocenters. The Morgan fingerprint density at radius 3 is 2.62 bits per heavy atom. The van der Waals surface area contributed by atoms with Crippen LogP contribution in [0.5, 0.6) is 0 Å². The SMILES string of the molecule is CCCCCCC(I)CNC(C)=O. The van der Waals surface area contributed by atoms with Gasteiger partial charge in [0.15, 0.2) is 0 Å². The van der Waals surface area contributed by atoms with E-state index >= 15 is 0 Å². The molecule has 0 aliphatic carbocycles. The van der Waals surface area contributed by atoms with Crippen molar-refractivity contribution in [2.24, 2.45) is 0 Å². The molecular weight excluding hydrogens is 277 g/mol. The molecule has 1 atom stereocenters. The lowest BCUT2D eigenvalue weighted by Gasteiger charge is -2.09. The van der Waals surface area contributed by atoms with Gasteiger partial charge in [-0.1, -0.05) is 55.2 Å². The molecule has 2 nitrogen and oxygen atoms in total. The first-order valence-corrected chi connectivity index (χ1v) is 6.30. The summed E-state index contributed by atoms with van der Waals surface area (Å²) >= 11 is 2.41. The van der Waals surface area contributed by atoms with Crippen molar-refractivity contribution in [3.05, 3.63) is 0 Å². The first-order valence-electron chi connectivity index (χ1n) is 5.05. The Morgan fingerprint density at radius 2 is 2.08 bits per heavy atom. The van der Waals surface area contributed by atoms with Crippen molar-refractivity contribution < 1.29 is 4.79 Å². The predicted octanol–water partition coefficient (Wildman–Crippen LogP) is 2.90. The third-order valence-corrected chi connectivity index (χ3v) is 3.01. The van der Waals surface area contributed by atoms with Crippen LogP contribution < -0.4 is 5.32 Å². The van der Waals surface area contributed by atoms with Crippen LogP contribution in [0.1, 0.15) is 46.0 Å². The van der Waals surface area contributed by atoms with E-state index in [-0.39, 0.29) is 5.91 Å². The molecule has 3 heteroatoms. The van der Waals surface area contributed by atoms with Gasteiger partial charge in [0.05, 0.1) is 0 Å². The Hall–Kier alpha value is 0.200. The fourth-order valence-corrected chi connectivity index (χ4v) is 1.81. The third-order valence-electron chi connectivity index (χ3n) is 1.94. The summed E-state index contributed by atoms with van der Waals surface area (Å²) < 4.78 is 0.596. The molecule has 1 N–H and O–H groups in total. The van der Waals surface area contributed by atoms with Crippen molar-refractivity contribution in [3.8, 4) is 0 Å². The van der Waals surface area contributed by atoms with Crippen LogP contribution in [0.2, 0.25) is 0 Å². The van der Waals surface area contributed by atoms with Crippen LogP contribution >= 0.6 is 22.6 Å². The van der Waals surface area contributed by atoms with Gasteiger partial charge in [0.1, 0.15) is 0 Å². The van der Waals surface area contributed by atoms with Crippen molar-refractivity contribution in [3.63, 3.8) is 0 Å². The molecule has 0 aromatic heterocycles. The number of hydrogen-bond donors (Lipinski definition) is 1. The van der Waals surface area contributed by atoms with Gasteiger partial charge in [-0.15, -0.1) is 0 Å². The standard InChI is InChI=1S/C10H20INO/c1-3-4-5-6-7-10(11)8-12-9(2)13/h10H,3-8H2,1-2H3,(H,12,13). The number of nitrogens with one attached hydrogen (secondary N) is 1. The normalized spacial score (nSPS) is 12.5. The van der Waals surface area contributed by atoms with Crippen LogP contribution in [0.3, 0.4) is 0 Å². The number of unbranched alkanes of at least 4 members (excludes halogenated alkanes) is 3. The number of rotatable bonds is 7. The van der Waals surface area contributed by atoms with Crippen molar-refractivity contribution >= 4 is 28.5 Å². The summed E-state index contributed by atoms with van der Waals surface area (Å²) in [7, 11) is 0. The molecule has 0 spiro atoms. The summed E-state index contributed by atoms with van der Waals surface area (Å²) in [6, 6.07) is 0. The van der Waals surface area contributed by atoms with Crippen molar-refractivity contribution in [1.82, 2.24) is 5.32 Å². The van der Waals surface area contributed by atoms with Crippen molar-refractivity contribution in [1.29, 1.82) is 0 Å². The van der Waals surface area contributed by atoms with E-state index in [9.17, 15) is 4.79 Å². The number of hydrogen-bond acceptors (Lipinski definition) is 1. The lowest BCUT2D eigenvalue weighted by molar-refractivity contribution is -0.118. The van der Waals surface area contributed by atoms with E-state index < -0.39 is 0 Å². The Kier molecular flexibility index (Phi) is 8.92. The lowest BCUT2D eigenvalue weighted by atomic mass is 10.1. The molecule has 0 saturated heterocycles. The summed E-state index contributed by atoms with van der Waals surface area (Å²) in [6.45, 7) is 4.61. The first-order chi connectivity index (χ1) is 6.16. The highest BCUT2D eigenvalue weighted by atomic mass is 127. The minimum Gasteiger partial charge on any atom is -0.355 e. The number of carbonyl (C=O) groups is 1. The quantitative estimate of drug-likeness (QED) is 0.437. The van der Waals surface area contributed by atoms with Crippen molar-refractivity contribution in [2.75, 3.05) is 6.54 Å². The van der Waals surface area contributed by atoms with Gasteiger partial charge in [0.25, 0.3) is 0 Å². The Balaban J connectivity index is 3.19. The molecular formula is C10H20INO. The minimum absolute atomic E-state index is 0.0789. The molecule has 13 heavy (non-hydrogen) atoms. The zero-order chi connectivity index (χ0) is 10.1. The van der Waals surface area contributed by atoms with Gasteiger partial charge >= 0.3 is 0 Å². The molecule has 0 heterocycles. The summed E-state index contributed by atoms with van der Waals surface area (Å²) in [6.07, 6.45) is 6.47. The van der Waals surface area contributed by atoms with E-state index in [4.69, 9.17) is 0 Å². The zero-order valence-electron chi connectivity index (χ0n) is 8.61. The van der Waals surface area contributed by atoms with Crippen LogP contribution in [-0.4, -0.2) is 16.4 Å². The summed E-state index contributed by atoms with van der Waals surface area (Å²) in [5.74, 6) is 0.0789. The zero-order valence-corrected chi connectivity index (χ0v) is 10.8. The fraction of sp³-hybridized carbons (Fsp3) is 0.900. The fourth-order valence-electron chi connectivity index (χ4n) is 1.15. The predicted molar refractivity (Wildman–Crippen MR) is 65.3 cm³/mol. The average molecular weight is 297 g/mol. The maximum Gasteiger partial charge on any atom is 0.216 e. The molecule has 0 aliphatic heterocycles. The summed E-state index contributed by atoms with van der Waals surface area (Å²) in [4.78, 5) is 10.6. The number of halogens is 1. The molecule has 0 radical (unpaired) electrons. The Labute approximate surface area is 95.0 Å². The minimum atomic E-state index is 0.0789. The van der Waals surface area contributed by atoms with E-state index in [2.05, 4.69) is 34.8 Å². The van der Waals surface area contributed by atoms with Crippen LogP contribution in [-0.2, 0) is 4.79 Å². The summed E-state index contributed by atoms with van der Waals surface area (Å²) in [5, 5.41) is 2.84. The van der Waals surface area contributed by atoms with Gasteiger partial charge in [-0.2, -0.15) is 0 Å². The maximum atomic E-state index is 10.6. The highest BCUT2D eigenvalue weighted by molar-refractivity contribution is 14.1. The van der Waals surface area contributed by atoms with E-state index in [1.165, 1.54) is 32.1 Å². The van der Waals surface area contributed by atoms with E-state index in [0.717, 1.165) is 6.54 Å². The van der Waals surface area contributed by atoms with Gasteiger partial charge in [-0.3, -0.25) is 4.79 Å². The molecule has 0 aromatic carbocycles. The molecule has 0 bridgehead atoms. The van der Waals surface area contributed by atoms with Gasteiger partial charge in [0, 0.05) is 17.4 Å². The van der Waals surface area contributed by atoms with Gasteiger partial charge in [-0.25, -0.2) is 0 Å². The second-order valence-electron chi connectivity index (χ2n) is 3.38. The average Bonchev–Trinajstić information content (AvgIpc) is 2.09. The molecule has 78 valence electrons. The molecule has 0 saturated carbocycles. The number of alkyl halides is 1. The highest BCUT2D eigenvalue weighted by Crippen LogP contribution is 2.11. The van der Waals surface area contributed by atoms with Crippen molar-refractivity contribution in [2.45, 2.75) is 49.9 Å². The summed E-state index contributed by atoms with van der Waals surface area (Å²) in [5.41, 5.74) is 0. The second-order valence-corrected chi connectivity index (χ2v) is 5.15. The van der Waals surface area contributed by atoms with Gasteiger partial charge < -0.3 is 5.32 Å². The lowest BCUT2D eigenvalue weighted by Crippen LogP contribution is -2.27. The maximum absolute atomic E-state index is 10.6. The third kappa shape index (κ3) is 10.1. The number of carbonyl (C=O) groups excluding carboxylic acids is 1. The van der Waals surface area contributed by atoms with E-state index in [1.807, 2.05) is 0 Å². The molecule has 0 aromatic rings. The number of amides is 1. The second kappa shape index (κ2) is 8.78. The Bertz CT molecular complexity index is 139. The first kappa shape index (κ1) is 13.2.